The summed E-state index contributed by atoms with van der Waals surface area (Å²) in [6.45, 7) is 27.2. The molecule has 1 aliphatic rings. The van der Waals surface area contributed by atoms with Crippen LogP contribution in [-0.4, -0.2) is 249 Å². The van der Waals surface area contributed by atoms with Crippen molar-refractivity contribution in [1.82, 2.24) is 65.1 Å². The average Bonchev–Trinajstić information content (AvgIpc) is 1.46. The molecule has 11 amide bonds. The molecule has 1 aliphatic heterocycles. The number of nitrogens with one attached hydrogen (secondary N) is 4. The molecule has 3 rings (SSSR count). The number of likely N-dealkylation sites (N-methyl/N-ethyl adjacent to an activating group) is 7. The fraction of sp³-hybridized carbons (Fsp3) is 0.725. The first kappa shape index (κ1) is 82.5. The predicted molar refractivity (Wildman–Crippen MR) is 365 cm³/mol. The Hall–Kier alpha value is -7.71. The van der Waals surface area contributed by atoms with Crippen LogP contribution in [0.4, 0.5) is 0 Å². The summed E-state index contributed by atoms with van der Waals surface area (Å²) in [5.41, 5.74) is 1.37. The molecule has 540 valence electrons. The van der Waals surface area contributed by atoms with Crippen LogP contribution in [0.15, 0.2) is 18.2 Å². The van der Waals surface area contributed by atoms with E-state index >= 15 is 19.2 Å². The predicted octanol–water partition coefficient (Wildman–Crippen LogP) is 3.22. The second-order valence-electron chi connectivity index (χ2n) is 28.8. The van der Waals surface area contributed by atoms with Gasteiger partial charge < -0.3 is 70.0 Å². The summed E-state index contributed by atoms with van der Waals surface area (Å²) >= 11 is 0. The van der Waals surface area contributed by atoms with Gasteiger partial charge in [0.05, 0.1) is 36.4 Å². The summed E-state index contributed by atoms with van der Waals surface area (Å²) in [7, 11) is 12.8. The van der Waals surface area contributed by atoms with Gasteiger partial charge in [-0.05, 0) is 106 Å². The Morgan fingerprint density at radius 1 is 0.531 bits per heavy atom. The molecule has 2 aromatic rings. The number of methoxy groups -OCH3 is 1. The topological polar surface area (TPSA) is 323 Å². The first-order chi connectivity index (χ1) is 44.5. The van der Waals surface area contributed by atoms with Crippen LogP contribution >= 0.6 is 0 Å². The number of carbonyl (C=O) groups is 12. The third-order valence-corrected chi connectivity index (χ3v) is 18.2. The number of nitrogens with zero attached hydrogens (tertiary/aromatic N) is 9. The minimum Gasteiger partial charge on any atom is -0.465 e. The van der Waals surface area contributed by atoms with Crippen LogP contribution in [0.1, 0.15) is 159 Å². The fourth-order valence-electron chi connectivity index (χ4n) is 12.3. The van der Waals surface area contributed by atoms with Gasteiger partial charge >= 0.3 is 5.97 Å². The molecule has 12 atom stereocenters. The molecule has 96 heavy (non-hydrogen) atoms. The number of esters is 1. The number of ether oxygens (including phenoxy) is 1. The van der Waals surface area contributed by atoms with E-state index in [1.807, 2.05) is 55.4 Å². The number of hydrogen-bond donors (Lipinski definition) is 5. The Balaban J connectivity index is 2.35. The van der Waals surface area contributed by atoms with Crippen molar-refractivity contribution in [3.8, 4) is 0 Å². The molecule has 0 saturated carbocycles. The Bertz CT molecular complexity index is 3090. The van der Waals surface area contributed by atoms with Crippen molar-refractivity contribution >= 4 is 82.0 Å². The highest BCUT2D eigenvalue weighted by molar-refractivity contribution is 6.00. The maximum Gasteiger partial charge on any atom is 0.337 e. The van der Waals surface area contributed by atoms with Crippen LogP contribution in [0.3, 0.4) is 0 Å². The zero-order chi connectivity index (χ0) is 73.6. The normalized spacial score (nSPS) is 25.1. The first-order valence-corrected chi connectivity index (χ1v) is 33.7. The van der Waals surface area contributed by atoms with E-state index in [-0.39, 0.29) is 67.8 Å². The van der Waals surface area contributed by atoms with E-state index in [0.717, 1.165) is 9.80 Å². The second-order valence-corrected chi connectivity index (χ2v) is 28.8. The minimum atomic E-state index is -1.76. The third kappa shape index (κ3) is 20.9. The van der Waals surface area contributed by atoms with Crippen molar-refractivity contribution in [3.63, 3.8) is 0 Å². The van der Waals surface area contributed by atoms with E-state index in [1.54, 1.807) is 71.4 Å². The van der Waals surface area contributed by atoms with Crippen LogP contribution < -0.4 is 21.3 Å². The molecule has 0 spiro atoms. The van der Waals surface area contributed by atoms with Gasteiger partial charge in [0.25, 0.3) is 0 Å². The number of hydrogen-bond acceptors (Lipinski definition) is 15. The molecule has 0 radical (unpaired) electrons. The smallest absolute Gasteiger partial charge is 0.337 e. The number of rotatable bonds is 16. The molecule has 27 heteroatoms. The van der Waals surface area contributed by atoms with Crippen molar-refractivity contribution in [3.05, 3.63) is 29.6 Å². The maximum absolute atomic E-state index is 15.5. The molecule has 0 aliphatic carbocycles. The highest BCUT2D eigenvalue weighted by Crippen LogP contribution is 2.27. The van der Waals surface area contributed by atoms with Crippen molar-refractivity contribution in [2.24, 2.45) is 48.5 Å². The minimum absolute atomic E-state index is 0.0212. The third-order valence-electron chi connectivity index (χ3n) is 18.2. The number of benzene rings is 1. The molecular formula is C69H115N13O14. The van der Waals surface area contributed by atoms with Gasteiger partial charge in [0, 0.05) is 62.8 Å². The highest BCUT2D eigenvalue weighted by Gasteiger charge is 2.46. The Labute approximate surface area is 569 Å². The number of aliphatic hydroxyl groups excluding tert-OH is 1. The van der Waals surface area contributed by atoms with E-state index in [9.17, 15) is 43.5 Å². The van der Waals surface area contributed by atoms with Crippen molar-refractivity contribution in [1.29, 1.82) is 0 Å². The summed E-state index contributed by atoms with van der Waals surface area (Å²) in [6, 6.07) is -8.05. The van der Waals surface area contributed by atoms with E-state index in [2.05, 4.69) is 21.3 Å². The number of amides is 11. The summed E-state index contributed by atoms with van der Waals surface area (Å²) in [5, 5.41) is 23.7. The van der Waals surface area contributed by atoms with Gasteiger partial charge in [-0.25, -0.2) is 9.78 Å². The Kier molecular flexibility index (Phi) is 31.0. The lowest BCUT2D eigenvalue weighted by Gasteiger charge is -2.41. The van der Waals surface area contributed by atoms with Gasteiger partial charge in [0.1, 0.15) is 66.2 Å². The number of imidazole rings is 1. The van der Waals surface area contributed by atoms with Crippen LogP contribution in [0.2, 0.25) is 0 Å². The van der Waals surface area contributed by atoms with Gasteiger partial charge in [0.2, 0.25) is 65.0 Å². The SMILES string of the molecule is CC[C@@H]1NC(=O)[C@H]([C@H](O)[C@H](C)Cc2nc3ccc(C(=O)OC)cc3n2C)N(C)C(=O)[C@H](C(C)C)N(C)C(=O)[C@H](CC(C)C)N(C)C(=O)[C@H](CC(C)C)N(C)C(=O)[C@@H](C)NC(=O)[C@H](C)NC(=O)[C@H](CC(C)C)N(C)C(=O)[C@H](C(C)C)NC(=O)[C@H](CC(C)C)N(C)C(=O)CN(C)C1=O. The summed E-state index contributed by atoms with van der Waals surface area (Å²) in [4.78, 5) is 188. The molecule has 1 aromatic carbocycles. The van der Waals surface area contributed by atoms with Crippen molar-refractivity contribution in [2.45, 2.75) is 216 Å². The molecule has 1 fully saturated rings. The highest BCUT2D eigenvalue weighted by atomic mass is 16.5. The molecule has 1 saturated heterocycles. The van der Waals surface area contributed by atoms with Gasteiger partial charge in [-0.3, -0.25) is 52.7 Å². The monoisotopic (exact) mass is 1350 g/mol. The zero-order valence-corrected chi connectivity index (χ0v) is 61.9. The molecule has 5 N–H and O–H groups in total. The van der Waals surface area contributed by atoms with E-state index in [0.29, 0.717) is 16.9 Å². The van der Waals surface area contributed by atoms with E-state index < -0.39 is 162 Å². The molecule has 1 aromatic heterocycles. The quantitative estimate of drug-likeness (QED) is 0.151. The van der Waals surface area contributed by atoms with Gasteiger partial charge in [-0.1, -0.05) is 96.9 Å². The average molecular weight is 1350 g/mol. The number of fused-ring (bicyclic) bond motifs is 1. The summed E-state index contributed by atoms with van der Waals surface area (Å²) in [5.74, 6) is -10.7. The zero-order valence-electron chi connectivity index (χ0n) is 61.9. The standard InChI is InChI=1S/C69H115N13O14/c1-26-46-64(90)75(17)35-54(83)77(19)49(29-36(2)3)61(87)74-55(40(10)11)67(93)78(20)50(30-37(4)5)60(86)70-43(15)59(85)71-44(16)63(89)79(21)51(31-38(6)7)65(91)80(22)52(32-39(8)9)66(92)81(23)56(41(12)13)68(94)82(24)57(62(88)73-46)58(84)42(14)33-53-72-47-28-27-45(69(95)96-25)34-48(47)76(53)18/h27-28,34,36-44,46,49-52,55-58,84H,26,29-33,35H2,1-25H3,(H,70,86)(H,71,85)(H,73,88)(H,74,87)/t42-,43+,44-,46+,49+,50+,51+,52+,55+,56+,57+,58-/m1/s1. The Morgan fingerprint density at radius 2 is 0.990 bits per heavy atom. The lowest BCUT2D eigenvalue weighted by Crippen LogP contribution is -2.63. The van der Waals surface area contributed by atoms with Gasteiger partial charge in [-0.2, -0.15) is 0 Å². The van der Waals surface area contributed by atoms with E-state index in [4.69, 9.17) is 9.72 Å². The molecule has 2 heterocycles. The summed E-state index contributed by atoms with van der Waals surface area (Å²) in [6.07, 6.45) is -1.21. The van der Waals surface area contributed by atoms with Crippen LogP contribution in [0.5, 0.6) is 0 Å². The lowest BCUT2D eigenvalue weighted by molar-refractivity contribution is -0.157. The van der Waals surface area contributed by atoms with Gasteiger partial charge in [0.15, 0.2) is 0 Å². The van der Waals surface area contributed by atoms with Crippen LogP contribution in [0.25, 0.3) is 11.0 Å². The van der Waals surface area contributed by atoms with Crippen LogP contribution in [-0.2, 0) is 70.9 Å². The molecule has 0 bridgehead atoms. The van der Waals surface area contributed by atoms with Crippen molar-refractivity contribution in [2.75, 3.05) is 63.0 Å². The molecular weight excluding hydrogens is 1230 g/mol. The first-order valence-electron chi connectivity index (χ1n) is 33.7. The van der Waals surface area contributed by atoms with Crippen molar-refractivity contribution < 1.29 is 67.4 Å². The van der Waals surface area contributed by atoms with Gasteiger partial charge in [-0.15, -0.1) is 0 Å². The number of carbonyl (C=O) groups excluding carboxylic acids is 12. The summed E-state index contributed by atoms with van der Waals surface area (Å²) < 4.78 is 6.67. The number of aryl methyl sites for hydroxylation is 1. The largest absolute Gasteiger partial charge is 0.465 e. The molecule has 0 unspecified atom stereocenters. The number of aliphatic hydroxyl groups is 1. The Morgan fingerprint density at radius 3 is 1.48 bits per heavy atom. The molecule has 27 nitrogen and oxygen atoms in total. The second kappa shape index (κ2) is 36.0. The van der Waals surface area contributed by atoms with Crippen LogP contribution in [0, 0.1) is 41.4 Å². The fourth-order valence-corrected chi connectivity index (χ4v) is 12.3. The lowest BCUT2D eigenvalue weighted by atomic mass is 9.91. The number of aromatic nitrogens is 2. The van der Waals surface area contributed by atoms with E-state index in [1.165, 1.54) is 94.8 Å². The maximum atomic E-state index is 15.5.